The van der Waals surface area contributed by atoms with Gasteiger partial charge < -0.3 is 9.30 Å². The van der Waals surface area contributed by atoms with E-state index in [2.05, 4.69) is 0 Å². The van der Waals surface area contributed by atoms with Gasteiger partial charge in [0.2, 0.25) is 0 Å². The van der Waals surface area contributed by atoms with Crippen LogP contribution in [0, 0.1) is 6.92 Å². The minimum absolute atomic E-state index is 0.103. The first-order valence-electron chi connectivity index (χ1n) is 5.55. The van der Waals surface area contributed by atoms with Crippen molar-refractivity contribution in [1.29, 1.82) is 0 Å². The molecular weight excluding hydrogens is 190 g/mol. The van der Waals surface area contributed by atoms with Gasteiger partial charge in [-0.25, -0.2) is 0 Å². The molecule has 0 bridgehead atoms. The molecule has 1 aliphatic heterocycles. The summed E-state index contributed by atoms with van der Waals surface area (Å²) in [5.41, 5.74) is 0.903. The molecule has 1 aliphatic rings. The Labute approximate surface area is 89.7 Å². The molecule has 15 heavy (non-hydrogen) atoms. The van der Waals surface area contributed by atoms with Gasteiger partial charge in [-0.1, -0.05) is 6.07 Å². The molecule has 82 valence electrons. The maximum Gasteiger partial charge on any atom is 0.253 e. The molecule has 0 aliphatic carbocycles. The van der Waals surface area contributed by atoms with Crippen LogP contribution in [0.4, 0.5) is 0 Å². The Kier molecular flexibility index (Phi) is 3.21. The second-order valence-electron chi connectivity index (χ2n) is 4.14. The van der Waals surface area contributed by atoms with Crippen LogP contribution in [0.2, 0.25) is 0 Å². The van der Waals surface area contributed by atoms with Crippen molar-refractivity contribution in [2.45, 2.75) is 38.8 Å². The molecule has 2 rings (SSSR count). The quantitative estimate of drug-likeness (QED) is 0.739. The second kappa shape index (κ2) is 4.62. The summed E-state index contributed by atoms with van der Waals surface area (Å²) >= 11 is 0. The molecule has 3 heteroatoms. The predicted molar refractivity (Wildman–Crippen MR) is 59.0 cm³/mol. The molecule has 1 unspecified atom stereocenters. The van der Waals surface area contributed by atoms with Gasteiger partial charge in [0.25, 0.3) is 5.56 Å². The van der Waals surface area contributed by atoms with Gasteiger partial charge in [0.15, 0.2) is 0 Å². The van der Waals surface area contributed by atoms with E-state index in [1.165, 1.54) is 6.42 Å². The normalized spacial score (nSPS) is 21.5. The van der Waals surface area contributed by atoms with Crippen molar-refractivity contribution in [2.24, 2.45) is 0 Å². The monoisotopic (exact) mass is 207 g/mol. The zero-order valence-electron chi connectivity index (χ0n) is 9.11. The Balaban J connectivity index is 2.09. The Morgan fingerprint density at radius 3 is 3.13 bits per heavy atom. The molecule has 3 nitrogen and oxygen atoms in total. The van der Waals surface area contributed by atoms with Crippen molar-refractivity contribution in [1.82, 2.24) is 4.57 Å². The molecule has 1 atom stereocenters. The third-order valence-corrected chi connectivity index (χ3v) is 2.88. The van der Waals surface area contributed by atoms with Crippen LogP contribution in [0.5, 0.6) is 0 Å². The highest BCUT2D eigenvalue weighted by atomic mass is 16.5. The van der Waals surface area contributed by atoms with Gasteiger partial charge >= 0.3 is 0 Å². The summed E-state index contributed by atoms with van der Waals surface area (Å²) in [6, 6.07) is 3.76. The van der Waals surface area contributed by atoms with Crippen LogP contribution >= 0.6 is 0 Å². The van der Waals surface area contributed by atoms with Crippen LogP contribution in [0.15, 0.2) is 23.1 Å². The number of rotatable bonds is 2. The van der Waals surface area contributed by atoms with Gasteiger partial charge in [0.05, 0.1) is 12.6 Å². The summed E-state index contributed by atoms with van der Waals surface area (Å²) in [6.07, 6.45) is 5.50. The van der Waals surface area contributed by atoms with Crippen LogP contribution in [0.1, 0.15) is 24.8 Å². The maximum atomic E-state index is 11.7. The highest BCUT2D eigenvalue weighted by Crippen LogP contribution is 2.13. The number of nitrogens with zero attached hydrogens (tertiary/aromatic N) is 1. The largest absolute Gasteiger partial charge is 0.376 e. The van der Waals surface area contributed by atoms with E-state index in [9.17, 15) is 4.79 Å². The van der Waals surface area contributed by atoms with E-state index in [0.717, 1.165) is 25.0 Å². The zero-order valence-corrected chi connectivity index (χ0v) is 9.11. The van der Waals surface area contributed by atoms with E-state index >= 15 is 0 Å². The summed E-state index contributed by atoms with van der Waals surface area (Å²) in [6.45, 7) is 3.38. The molecule has 0 aromatic carbocycles. The number of pyridine rings is 1. The summed E-state index contributed by atoms with van der Waals surface area (Å²) in [7, 11) is 0. The zero-order chi connectivity index (χ0) is 10.7. The molecule has 0 spiro atoms. The summed E-state index contributed by atoms with van der Waals surface area (Å²) < 4.78 is 7.37. The highest BCUT2D eigenvalue weighted by Gasteiger charge is 2.14. The fourth-order valence-corrected chi connectivity index (χ4v) is 1.97. The molecule has 2 heterocycles. The van der Waals surface area contributed by atoms with Gasteiger partial charge in [-0.3, -0.25) is 4.79 Å². The lowest BCUT2D eigenvalue weighted by molar-refractivity contribution is 0.00540. The fourth-order valence-electron chi connectivity index (χ4n) is 1.97. The first kappa shape index (κ1) is 10.4. The van der Waals surface area contributed by atoms with Crippen LogP contribution in [-0.2, 0) is 11.3 Å². The molecule has 1 saturated heterocycles. The van der Waals surface area contributed by atoms with Gasteiger partial charge in [0, 0.05) is 18.4 Å². The smallest absolute Gasteiger partial charge is 0.253 e. The van der Waals surface area contributed by atoms with E-state index < -0.39 is 0 Å². The minimum atomic E-state index is 0.103. The second-order valence-corrected chi connectivity index (χ2v) is 4.14. The summed E-state index contributed by atoms with van der Waals surface area (Å²) in [5.74, 6) is 0. The van der Waals surface area contributed by atoms with Crippen molar-refractivity contribution in [3.8, 4) is 0 Å². The van der Waals surface area contributed by atoms with Gasteiger partial charge in [0.1, 0.15) is 0 Å². The van der Waals surface area contributed by atoms with Crippen molar-refractivity contribution in [2.75, 3.05) is 6.61 Å². The van der Waals surface area contributed by atoms with Crippen molar-refractivity contribution < 1.29 is 4.74 Å². The average molecular weight is 207 g/mol. The van der Waals surface area contributed by atoms with Crippen LogP contribution in [0.3, 0.4) is 0 Å². The van der Waals surface area contributed by atoms with Crippen molar-refractivity contribution in [3.05, 3.63) is 34.2 Å². The third-order valence-electron chi connectivity index (χ3n) is 2.88. The van der Waals surface area contributed by atoms with E-state index in [0.29, 0.717) is 6.54 Å². The Bertz CT molecular complexity index is 377. The fraction of sp³-hybridized carbons (Fsp3) is 0.583. The number of ether oxygens (including phenoxy) is 1. The third kappa shape index (κ3) is 2.48. The van der Waals surface area contributed by atoms with Crippen LogP contribution in [0.25, 0.3) is 0 Å². The summed E-state index contributed by atoms with van der Waals surface area (Å²) in [5, 5.41) is 0. The predicted octanol–water partition coefficient (Wildman–Crippen LogP) is 1.73. The maximum absolute atomic E-state index is 11.7. The number of hydrogen-bond donors (Lipinski definition) is 0. The molecule has 0 N–H and O–H groups in total. The average Bonchev–Trinajstić information content (AvgIpc) is 2.26. The summed E-state index contributed by atoms with van der Waals surface area (Å²) in [4.78, 5) is 11.7. The molecule has 0 amide bonds. The Morgan fingerprint density at radius 2 is 2.40 bits per heavy atom. The van der Waals surface area contributed by atoms with Gasteiger partial charge in [-0.2, -0.15) is 0 Å². The lowest BCUT2D eigenvalue weighted by Gasteiger charge is -2.23. The van der Waals surface area contributed by atoms with E-state index in [1.807, 2.05) is 25.3 Å². The van der Waals surface area contributed by atoms with Crippen molar-refractivity contribution in [3.63, 3.8) is 0 Å². The van der Waals surface area contributed by atoms with Crippen molar-refractivity contribution >= 4 is 0 Å². The number of aryl methyl sites for hydroxylation is 1. The molecule has 1 aromatic rings. The molecule has 1 aromatic heterocycles. The van der Waals surface area contributed by atoms with E-state index in [4.69, 9.17) is 4.74 Å². The van der Waals surface area contributed by atoms with Gasteiger partial charge in [-0.05, 0) is 32.3 Å². The Morgan fingerprint density at radius 1 is 1.53 bits per heavy atom. The first-order valence-corrected chi connectivity index (χ1v) is 5.55. The lowest BCUT2D eigenvalue weighted by atomic mass is 10.1. The molecule has 0 saturated carbocycles. The lowest BCUT2D eigenvalue weighted by Crippen LogP contribution is -2.30. The highest BCUT2D eigenvalue weighted by molar-refractivity contribution is 5.07. The van der Waals surface area contributed by atoms with Crippen LogP contribution < -0.4 is 5.56 Å². The molecule has 0 radical (unpaired) electrons. The standard InChI is InChI=1S/C12H17NO2/c1-10-5-4-7-13(12(10)14)9-11-6-2-3-8-15-11/h4-5,7,11H,2-3,6,8-9H2,1H3. The van der Waals surface area contributed by atoms with Gasteiger partial charge in [-0.15, -0.1) is 0 Å². The SMILES string of the molecule is Cc1cccn(CC2CCCCO2)c1=O. The number of hydrogen-bond acceptors (Lipinski definition) is 2. The number of aromatic nitrogens is 1. The Hall–Kier alpha value is -1.09. The molecule has 1 fully saturated rings. The van der Waals surface area contributed by atoms with E-state index in [1.54, 1.807) is 4.57 Å². The molecular formula is C12H17NO2. The van der Waals surface area contributed by atoms with Crippen LogP contribution in [-0.4, -0.2) is 17.3 Å². The minimum Gasteiger partial charge on any atom is -0.376 e. The van der Waals surface area contributed by atoms with E-state index in [-0.39, 0.29) is 11.7 Å². The topological polar surface area (TPSA) is 31.2 Å². The first-order chi connectivity index (χ1) is 7.27.